The van der Waals surface area contributed by atoms with Crippen molar-refractivity contribution in [3.05, 3.63) is 36.7 Å². The van der Waals surface area contributed by atoms with Gasteiger partial charge in [-0.15, -0.1) is 0 Å². The van der Waals surface area contributed by atoms with Crippen molar-refractivity contribution >= 4 is 17.5 Å². The predicted octanol–water partition coefficient (Wildman–Crippen LogP) is 2.47. The van der Waals surface area contributed by atoms with Gasteiger partial charge in [0.25, 0.3) is 5.91 Å². The molecule has 0 bridgehead atoms. The first-order valence-electron chi connectivity index (χ1n) is 9.93. The minimum Gasteiger partial charge on any atom is -0.493 e. The molecule has 0 saturated carbocycles. The number of rotatable bonds is 7. The van der Waals surface area contributed by atoms with Crippen LogP contribution >= 0.6 is 0 Å². The molecule has 2 aromatic rings. The summed E-state index contributed by atoms with van der Waals surface area (Å²) in [6, 6.07) is 7.35. The zero-order valence-corrected chi connectivity index (χ0v) is 17.7. The van der Waals surface area contributed by atoms with Gasteiger partial charge in [0.2, 0.25) is 0 Å². The second-order valence-corrected chi connectivity index (χ2v) is 7.26. The normalized spacial score (nSPS) is 13.9. The quantitative estimate of drug-likeness (QED) is 0.515. The first kappa shape index (κ1) is 21.9. The van der Waals surface area contributed by atoms with Crippen molar-refractivity contribution in [1.29, 1.82) is 5.26 Å². The molecule has 1 aliphatic heterocycles. The molecule has 1 amide bonds. The Labute approximate surface area is 181 Å². The highest BCUT2D eigenvalue weighted by atomic mass is 16.5. The van der Waals surface area contributed by atoms with Crippen molar-refractivity contribution in [3.8, 4) is 28.7 Å². The van der Waals surface area contributed by atoms with Gasteiger partial charge in [0.05, 0.1) is 19.8 Å². The van der Waals surface area contributed by atoms with Gasteiger partial charge in [-0.3, -0.25) is 4.79 Å². The molecule has 1 fully saturated rings. The van der Waals surface area contributed by atoms with Crippen LogP contribution in [0, 0.1) is 17.2 Å². The minimum absolute atomic E-state index is 0.0207. The molecule has 1 saturated heterocycles. The second-order valence-electron chi connectivity index (χ2n) is 7.26. The van der Waals surface area contributed by atoms with Crippen LogP contribution in [0.25, 0.3) is 11.1 Å². The lowest BCUT2D eigenvalue weighted by molar-refractivity contribution is -0.127. The van der Waals surface area contributed by atoms with Crippen molar-refractivity contribution in [2.24, 2.45) is 5.92 Å². The summed E-state index contributed by atoms with van der Waals surface area (Å²) in [5.74, 6) is 2.28. The van der Waals surface area contributed by atoms with Gasteiger partial charge in [0, 0.05) is 19.6 Å². The van der Waals surface area contributed by atoms with Crippen LogP contribution in [0.15, 0.2) is 36.7 Å². The van der Waals surface area contributed by atoms with Crippen LogP contribution in [-0.2, 0) is 4.79 Å². The Balaban J connectivity index is 1.71. The molecule has 9 nitrogen and oxygen atoms in total. The van der Waals surface area contributed by atoms with E-state index in [-0.39, 0.29) is 11.5 Å². The number of benzene rings is 1. The maximum atomic E-state index is 12.1. The highest BCUT2D eigenvalue weighted by Gasteiger charge is 2.24. The van der Waals surface area contributed by atoms with Crippen molar-refractivity contribution in [2.45, 2.75) is 12.8 Å². The van der Waals surface area contributed by atoms with E-state index in [1.54, 1.807) is 19.1 Å². The van der Waals surface area contributed by atoms with Crippen LogP contribution in [0.3, 0.4) is 0 Å². The SMILES string of the molecule is C=C(C#N)C(=O)N1CCC(CNc2ncnc(N)c2-c2ccc(OC)c(OC)c2)CC1. The third kappa shape index (κ3) is 4.86. The minimum atomic E-state index is -0.284. The van der Waals surface area contributed by atoms with Gasteiger partial charge in [0.15, 0.2) is 11.5 Å². The monoisotopic (exact) mass is 422 g/mol. The molecule has 31 heavy (non-hydrogen) atoms. The van der Waals surface area contributed by atoms with E-state index in [1.165, 1.54) is 6.33 Å². The first-order chi connectivity index (χ1) is 15.0. The summed E-state index contributed by atoms with van der Waals surface area (Å²) in [6.45, 7) is 5.38. The van der Waals surface area contributed by atoms with Crippen LogP contribution in [0.1, 0.15) is 12.8 Å². The summed E-state index contributed by atoms with van der Waals surface area (Å²) in [4.78, 5) is 22.3. The summed E-state index contributed by atoms with van der Waals surface area (Å²) >= 11 is 0. The number of aromatic nitrogens is 2. The number of piperidine rings is 1. The van der Waals surface area contributed by atoms with E-state index in [1.807, 2.05) is 24.3 Å². The molecule has 2 heterocycles. The van der Waals surface area contributed by atoms with Gasteiger partial charge in [-0.25, -0.2) is 9.97 Å². The third-order valence-electron chi connectivity index (χ3n) is 5.40. The summed E-state index contributed by atoms with van der Waals surface area (Å²) < 4.78 is 10.7. The molecule has 0 atom stereocenters. The average molecular weight is 422 g/mol. The van der Waals surface area contributed by atoms with Gasteiger partial charge >= 0.3 is 0 Å². The molecule has 1 aromatic carbocycles. The largest absolute Gasteiger partial charge is 0.493 e. The van der Waals surface area contributed by atoms with Crippen molar-refractivity contribution in [2.75, 3.05) is 44.9 Å². The third-order valence-corrected chi connectivity index (χ3v) is 5.40. The number of hydrogen-bond acceptors (Lipinski definition) is 8. The number of methoxy groups -OCH3 is 2. The number of likely N-dealkylation sites (tertiary alicyclic amines) is 1. The zero-order valence-electron chi connectivity index (χ0n) is 17.7. The number of amides is 1. The summed E-state index contributed by atoms with van der Waals surface area (Å²) in [7, 11) is 3.16. The number of carbonyl (C=O) groups excluding carboxylic acids is 1. The number of nitrogen functional groups attached to an aromatic ring is 1. The van der Waals surface area contributed by atoms with Gasteiger partial charge in [-0.05, 0) is 36.5 Å². The van der Waals surface area contributed by atoms with Gasteiger partial charge in [0.1, 0.15) is 29.6 Å². The number of nitriles is 1. The van der Waals surface area contributed by atoms with Gasteiger partial charge in [-0.1, -0.05) is 12.6 Å². The molecule has 0 aliphatic carbocycles. The van der Waals surface area contributed by atoms with E-state index in [0.717, 1.165) is 18.4 Å². The molecule has 1 aromatic heterocycles. The molecule has 0 unspecified atom stereocenters. The Morgan fingerprint density at radius 2 is 2.00 bits per heavy atom. The molecule has 0 spiro atoms. The number of hydrogen-bond donors (Lipinski definition) is 2. The van der Waals surface area contributed by atoms with Gasteiger partial charge in [-0.2, -0.15) is 5.26 Å². The standard InChI is InChI=1S/C22H26N6O3/c1-14(11-23)22(29)28-8-6-15(7-9-28)12-25-21-19(20(24)26-13-27-21)16-4-5-17(30-2)18(10-16)31-3/h4-5,10,13,15H,1,6-9,12H2,2-3H3,(H3,24,25,26,27). The Morgan fingerprint density at radius 1 is 1.29 bits per heavy atom. The van der Waals surface area contributed by atoms with E-state index in [0.29, 0.717) is 54.3 Å². The highest BCUT2D eigenvalue weighted by molar-refractivity contribution is 5.96. The van der Waals surface area contributed by atoms with Crippen LogP contribution in [0.5, 0.6) is 11.5 Å². The zero-order chi connectivity index (χ0) is 22.4. The van der Waals surface area contributed by atoms with Crippen molar-refractivity contribution in [1.82, 2.24) is 14.9 Å². The Bertz CT molecular complexity index is 1010. The van der Waals surface area contributed by atoms with E-state index in [4.69, 9.17) is 20.5 Å². The highest BCUT2D eigenvalue weighted by Crippen LogP contribution is 2.37. The molecular formula is C22H26N6O3. The fourth-order valence-electron chi connectivity index (χ4n) is 3.63. The van der Waals surface area contributed by atoms with Gasteiger partial charge < -0.3 is 25.4 Å². The van der Waals surface area contributed by atoms with E-state index >= 15 is 0 Å². The Hall–Kier alpha value is -3.80. The second kappa shape index (κ2) is 9.80. The number of ether oxygens (including phenoxy) is 2. The van der Waals surface area contributed by atoms with Crippen LogP contribution in [0.4, 0.5) is 11.6 Å². The fraction of sp³-hybridized carbons (Fsp3) is 0.364. The number of anilines is 2. The molecule has 3 N–H and O–H groups in total. The Morgan fingerprint density at radius 3 is 2.65 bits per heavy atom. The van der Waals surface area contributed by atoms with Crippen LogP contribution in [-0.4, -0.2) is 54.6 Å². The molecule has 162 valence electrons. The molecule has 3 rings (SSSR count). The number of nitrogens with one attached hydrogen (secondary N) is 1. The predicted molar refractivity (Wildman–Crippen MR) is 118 cm³/mol. The number of nitrogens with zero attached hydrogens (tertiary/aromatic N) is 4. The topological polar surface area (TPSA) is 126 Å². The summed E-state index contributed by atoms with van der Waals surface area (Å²) in [6.07, 6.45) is 3.07. The van der Waals surface area contributed by atoms with Crippen LogP contribution < -0.4 is 20.5 Å². The first-order valence-corrected chi connectivity index (χ1v) is 9.93. The smallest absolute Gasteiger partial charge is 0.263 e. The lowest BCUT2D eigenvalue weighted by Crippen LogP contribution is -2.40. The van der Waals surface area contributed by atoms with E-state index in [9.17, 15) is 4.79 Å². The lowest BCUT2D eigenvalue weighted by atomic mass is 9.96. The van der Waals surface area contributed by atoms with E-state index in [2.05, 4.69) is 21.9 Å². The lowest BCUT2D eigenvalue weighted by Gasteiger charge is -2.32. The summed E-state index contributed by atoms with van der Waals surface area (Å²) in [5, 5.41) is 12.2. The van der Waals surface area contributed by atoms with Crippen molar-refractivity contribution < 1.29 is 14.3 Å². The molecular weight excluding hydrogens is 396 g/mol. The fourth-order valence-corrected chi connectivity index (χ4v) is 3.63. The molecule has 0 radical (unpaired) electrons. The molecule has 9 heteroatoms. The van der Waals surface area contributed by atoms with Crippen molar-refractivity contribution in [3.63, 3.8) is 0 Å². The number of nitrogens with two attached hydrogens (primary N) is 1. The maximum absolute atomic E-state index is 12.1. The molecule has 1 aliphatic rings. The van der Waals surface area contributed by atoms with Crippen LogP contribution in [0.2, 0.25) is 0 Å². The summed E-state index contributed by atoms with van der Waals surface area (Å²) in [5.41, 5.74) is 7.66. The average Bonchev–Trinajstić information content (AvgIpc) is 2.81. The maximum Gasteiger partial charge on any atom is 0.263 e. The Kier molecular flexibility index (Phi) is 6.92. The number of carbonyl (C=O) groups is 1. The van der Waals surface area contributed by atoms with E-state index < -0.39 is 0 Å².